The summed E-state index contributed by atoms with van der Waals surface area (Å²) in [5.41, 5.74) is 2.22. The number of hydrogen-bond donors (Lipinski definition) is 1. The Morgan fingerprint density at radius 2 is 1.89 bits per heavy atom. The molecular formula is C14H25N3O. The van der Waals surface area contributed by atoms with Crippen LogP contribution in [0.25, 0.3) is 0 Å². The number of ether oxygens (including phenoxy) is 1. The maximum Gasteiger partial charge on any atom is 0.160 e. The van der Waals surface area contributed by atoms with Gasteiger partial charge in [-0.3, -0.25) is 0 Å². The highest BCUT2D eigenvalue weighted by Gasteiger charge is 2.21. The molecular weight excluding hydrogens is 226 g/mol. The molecule has 0 saturated carbocycles. The van der Waals surface area contributed by atoms with E-state index in [-0.39, 0.29) is 6.10 Å². The van der Waals surface area contributed by atoms with Gasteiger partial charge in [0.1, 0.15) is 11.9 Å². The lowest BCUT2D eigenvalue weighted by Gasteiger charge is -2.21. The summed E-state index contributed by atoms with van der Waals surface area (Å²) in [5, 5.41) is 3.16. The molecule has 0 fully saturated rings. The average Bonchev–Trinajstić information content (AvgIpc) is 2.34. The fourth-order valence-corrected chi connectivity index (χ4v) is 2.12. The Morgan fingerprint density at radius 1 is 1.22 bits per heavy atom. The lowest BCUT2D eigenvalue weighted by atomic mass is 10.1. The van der Waals surface area contributed by atoms with Gasteiger partial charge >= 0.3 is 0 Å². The maximum absolute atomic E-state index is 5.76. The average molecular weight is 251 g/mol. The van der Waals surface area contributed by atoms with Gasteiger partial charge < -0.3 is 10.1 Å². The molecule has 1 unspecified atom stereocenters. The number of anilines is 1. The highest BCUT2D eigenvalue weighted by atomic mass is 16.5. The van der Waals surface area contributed by atoms with Gasteiger partial charge in [0.05, 0.1) is 0 Å². The van der Waals surface area contributed by atoms with E-state index in [1.165, 1.54) is 5.56 Å². The summed E-state index contributed by atoms with van der Waals surface area (Å²) in [7, 11) is 1.90. The highest BCUT2D eigenvalue weighted by molar-refractivity contribution is 5.46. The molecule has 102 valence electrons. The molecule has 4 nitrogen and oxygen atoms in total. The lowest BCUT2D eigenvalue weighted by Crippen LogP contribution is -2.17. The van der Waals surface area contributed by atoms with Crippen molar-refractivity contribution >= 4 is 5.82 Å². The zero-order chi connectivity index (χ0) is 13.7. The summed E-state index contributed by atoms with van der Waals surface area (Å²) >= 11 is 0. The van der Waals surface area contributed by atoms with Gasteiger partial charge in [0.15, 0.2) is 5.82 Å². The largest absolute Gasteiger partial charge is 0.373 e. The lowest BCUT2D eigenvalue weighted by molar-refractivity contribution is 0.0231. The molecule has 4 heteroatoms. The van der Waals surface area contributed by atoms with Crippen LogP contribution in [0.2, 0.25) is 0 Å². The van der Waals surface area contributed by atoms with Crippen LogP contribution in [-0.4, -0.2) is 23.6 Å². The molecule has 0 aliphatic carbocycles. The van der Waals surface area contributed by atoms with Crippen molar-refractivity contribution in [1.29, 1.82) is 0 Å². The van der Waals surface area contributed by atoms with Crippen molar-refractivity contribution in [1.82, 2.24) is 9.97 Å². The van der Waals surface area contributed by atoms with E-state index in [1.807, 2.05) is 20.9 Å². The molecule has 1 rings (SSSR count). The molecule has 0 aliphatic rings. The van der Waals surface area contributed by atoms with E-state index in [1.54, 1.807) is 0 Å². The van der Waals surface area contributed by atoms with Gasteiger partial charge in [-0.05, 0) is 26.2 Å². The van der Waals surface area contributed by atoms with Gasteiger partial charge in [0, 0.05) is 24.9 Å². The Balaban J connectivity index is 3.20. The van der Waals surface area contributed by atoms with E-state index in [4.69, 9.17) is 4.74 Å². The molecule has 0 aliphatic heterocycles. The summed E-state index contributed by atoms with van der Waals surface area (Å²) in [4.78, 5) is 9.23. The van der Waals surface area contributed by atoms with Gasteiger partial charge in [0.2, 0.25) is 0 Å². The molecule has 1 aromatic heterocycles. The van der Waals surface area contributed by atoms with Crippen molar-refractivity contribution in [2.75, 3.05) is 19.0 Å². The van der Waals surface area contributed by atoms with Gasteiger partial charge in [0.25, 0.3) is 0 Å². The Bertz CT molecular complexity index is 391. The number of nitrogens with one attached hydrogen (secondary N) is 1. The molecule has 1 heterocycles. The van der Waals surface area contributed by atoms with Crippen LogP contribution in [0, 0.1) is 12.8 Å². The van der Waals surface area contributed by atoms with Gasteiger partial charge in [-0.1, -0.05) is 20.8 Å². The van der Waals surface area contributed by atoms with Crippen LogP contribution in [0.5, 0.6) is 0 Å². The van der Waals surface area contributed by atoms with Crippen molar-refractivity contribution in [3.63, 3.8) is 0 Å². The minimum Gasteiger partial charge on any atom is -0.373 e. The van der Waals surface area contributed by atoms with E-state index in [0.717, 1.165) is 23.8 Å². The smallest absolute Gasteiger partial charge is 0.160 e. The summed E-state index contributed by atoms with van der Waals surface area (Å²) in [6.07, 6.45) is 0.898. The molecule has 0 saturated heterocycles. The van der Waals surface area contributed by atoms with Gasteiger partial charge in [-0.2, -0.15) is 0 Å². The minimum atomic E-state index is -0.0355. The van der Waals surface area contributed by atoms with Crippen molar-refractivity contribution in [3.05, 3.63) is 17.1 Å². The monoisotopic (exact) mass is 251 g/mol. The zero-order valence-electron chi connectivity index (χ0n) is 12.4. The van der Waals surface area contributed by atoms with Crippen LogP contribution < -0.4 is 5.32 Å². The Morgan fingerprint density at radius 3 is 2.33 bits per heavy atom. The van der Waals surface area contributed by atoms with Crippen molar-refractivity contribution in [2.45, 2.75) is 47.1 Å². The molecule has 0 radical (unpaired) electrons. The second-order valence-corrected chi connectivity index (χ2v) is 4.72. The summed E-state index contributed by atoms with van der Waals surface area (Å²) < 4.78 is 5.76. The van der Waals surface area contributed by atoms with Crippen molar-refractivity contribution in [3.8, 4) is 0 Å². The van der Waals surface area contributed by atoms with Crippen LogP contribution >= 0.6 is 0 Å². The third-order valence-corrected chi connectivity index (χ3v) is 3.03. The Labute approximate surface area is 110 Å². The fraction of sp³-hybridized carbons (Fsp3) is 0.714. The van der Waals surface area contributed by atoms with Crippen LogP contribution in [-0.2, 0) is 11.2 Å². The first-order valence-corrected chi connectivity index (χ1v) is 6.71. The standard InChI is InChI=1S/C14H25N3O/c1-7-11-10(5)16-14(17-13(11)15-6)12(9(3)4)18-8-2/h9,12H,7-8H2,1-6H3,(H,15,16,17). The first-order valence-electron chi connectivity index (χ1n) is 6.71. The van der Waals surface area contributed by atoms with E-state index < -0.39 is 0 Å². The van der Waals surface area contributed by atoms with Crippen molar-refractivity contribution < 1.29 is 4.74 Å². The van der Waals surface area contributed by atoms with E-state index in [2.05, 4.69) is 36.1 Å². The quantitative estimate of drug-likeness (QED) is 0.844. The third-order valence-electron chi connectivity index (χ3n) is 3.03. The molecule has 0 bridgehead atoms. The molecule has 1 N–H and O–H groups in total. The number of rotatable bonds is 6. The molecule has 0 spiro atoms. The predicted octanol–water partition coefficient (Wildman–Crippen LogP) is 3.12. The van der Waals surface area contributed by atoms with Gasteiger partial charge in [-0.25, -0.2) is 9.97 Å². The van der Waals surface area contributed by atoms with E-state index in [9.17, 15) is 0 Å². The van der Waals surface area contributed by atoms with Crippen LogP contribution in [0.1, 0.15) is 50.9 Å². The molecule has 1 atom stereocenters. The topological polar surface area (TPSA) is 47.0 Å². The minimum absolute atomic E-state index is 0.0355. The first kappa shape index (κ1) is 14.9. The highest BCUT2D eigenvalue weighted by Crippen LogP contribution is 2.26. The van der Waals surface area contributed by atoms with E-state index in [0.29, 0.717) is 12.5 Å². The van der Waals surface area contributed by atoms with Crippen LogP contribution in [0.3, 0.4) is 0 Å². The Kier molecular flexibility index (Phi) is 5.54. The SMILES string of the molecule is CCOC(c1nc(C)c(CC)c(NC)n1)C(C)C. The van der Waals surface area contributed by atoms with E-state index >= 15 is 0 Å². The molecule has 0 amide bonds. The number of aryl methyl sites for hydroxylation is 1. The molecule has 1 aromatic rings. The number of hydrogen-bond acceptors (Lipinski definition) is 4. The normalized spacial score (nSPS) is 12.8. The Hall–Kier alpha value is -1.16. The second kappa shape index (κ2) is 6.69. The number of aromatic nitrogens is 2. The van der Waals surface area contributed by atoms with Crippen LogP contribution in [0.15, 0.2) is 0 Å². The van der Waals surface area contributed by atoms with Crippen molar-refractivity contribution in [2.24, 2.45) is 5.92 Å². The second-order valence-electron chi connectivity index (χ2n) is 4.72. The molecule has 0 aromatic carbocycles. The first-order chi connectivity index (χ1) is 8.54. The fourth-order valence-electron chi connectivity index (χ4n) is 2.12. The zero-order valence-corrected chi connectivity index (χ0v) is 12.4. The van der Waals surface area contributed by atoms with Gasteiger partial charge in [-0.15, -0.1) is 0 Å². The summed E-state index contributed by atoms with van der Waals surface area (Å²) in [6, 6.07) is 0. The number of nitrogens with zero attached hydrogens (tertiary/aromatic N) is 2. The maximum atomic E-state index is 5.76. The predicted molar refractivity (Wildman–Crippen MR) is 74.9 cm³/mol. The summed E-state index contributed by atoms with van der Waals surface area (Å²) in [6.45, 7) is 11.1. The third kappa shape index (κ3) is 3.19. The van der Waals surface area contributed by atoms with Crippen LogP contribution in [0.4, 0.5) is 5.82 Å². The summed E-state index contributed by atoms with van der Waals surface area (Å²) in [5.74, 6) is 2.07. The molecule has 18 heavy (non-hydrogen) atoms.